The molecule has 3 nitrogen and oxygen atoms in total. The van der Waals surface area contributed by atoms with Gasteiger partial charge in [0.25, 0.3) is 0 Å². The maximum atomic E-state index is 12.2. The van der Waals surface area contributed by atoms with E-state index < -0.39 is 6.36 Å². The molecule has 0 radical (unpaired) electrons. The summed E-state index contributed by atoms with van der Waals surface area (Å²) in [5.74, 6) is -0.220. The summed E-state index contributed by atoms with van der Waals surface area (Å²) in [5, 5.41) is 0. The first-order valence-electron chi connectivity index (χ1n) is 6.35. The SMILES string of the molecule is Cl.NC1CCN(Cc2ccc(OC(F)(F)F)c(Br)c2)CC1. The Balaban J connectivity index is 0.00000220. The molecule has 2 rings (SSSR count). The third kappa shape index (κ3) is 6.02. The molecule has 0 atom stereocenters. The largest absolute Gasteiger partial charge is 0.573 e. The summed E-state index contributed by atoms with van der Waals surface area (Å²) in [6.45, 7) is 2.54. The first-order chi connectivity index (χ1) is 9.33. The van der Waals surface area contributed by atoms with Gasteiger partial charge in [0.15, 0.2) is 0 Å². The van der Waals surface area contributed by atoms with Crippen LogP contribution in [0, 0.1) is 0 Å². The van der Waals surface area contributed by atoms with Crippen molar-refractivity contribution in [2.75, 3.05) is 13.1 Å². The zero-order valence-electron chi connectivity index (χ0n) is 11.2. The molecule has 0 aromatic heterocycles. The van der Waals surface area contributed by atoms with E-state index in [1.807, 2.05) is 0 Å². The van der Waals surface area contributed by atoms with E-state index in [0.29, 0.717) is 11.0 Å². The van der Waals surface area contributed by atoms with Crippen molar-refractivity contribution < 1.29 is 17.9 Å². The van der Waals surface area contributed by atoms with Crippen molar-refractivity contribution in [1.82, 2.24) is 4.90 Å². The molecule has 120 valence electrons. The lowest BCUT2D eigenvalue weighted by atomic mass is 10.1. The number of halogens is 5. The lowest BCUT2D eigenvalue weighted by Crippen LogP contribution is -2.39. The number of likely N-dealkylation sites (tertiary alicyclic amines) is 1. The normalized spacial score (nSPS) is 17.4. The first kappa shape index (κ1) is 18.5. The van der Waals surface area contributed by atoms with Gasteiger partial charge in [0.2, 0.25) is 0 Å². The van der Waals surface area contributed by atoms with E-state index in [1.54, 1.807) is 12.1 Å². The molecule has 21 heavy (non-hydrogen) atoms. The molecule has 0 spiro atoms. The fourth-order valence-corrected chi connectivity index (χ4v) is 2.73. The molecule has 8 heteroatoms. The van der Waals surface area contributed by atoms with Crippen LogP contribution in [0.5, 0.6) is 5.75 Å². The summed E-state index contributed by atoms with van der Waals surface area (Å²) >= 11 is 3.11. The number of ether oxygens (including phenoxy) is 1. The second kappa shape index (κ2) is 7.67. The Kier molecular flexibility index (Phi) is 6.77. The van der Waals surface area contributed by atoms with Gasteiger partial charge < -0.3 is 10.5 Å². The second-order valence-electron chi connectivity index (χ2n) is 4.93. The molecule has 1 saturated heterocycles. The summed E-state index contributed by atoms with van der Waals surface area (Å²) in [4.78, 5) is 2.25. The third-order valence-corrected chi connectivity index (χ3v) is 3.88. The van der Waals surface area contributed by atoms with Crippen molar-refractivity contribution in [3.05, 3.63) is 28.2 Å². The van der Waals surface area contributed by atoms with Crippen LogP contribution in [-0.2, 0) is 6.54 Å². The number of nitrogens with two attached hydrogens (primary N) is 1. The monoisotopic (exact) mass is 388 g/mol. The molecule has 0 unspecified atom stereocenters. The smallest absolute Gasteiger partial charge is 0.405 e. The highest BCUT2D eigenvalue weighted by molar-refractivity contribution is 9.10. The number of hydrogen-bond acceptors (Lipinski definition) is 3. The molecule has 0 amide bonds. The zero-order chi connectivity index (χ0) is 14.8. The van der Waals surface area contributed by atoms with Crippen molar-refractivity contribution in [2.45, 2.75) is 31.8 Å². The number of nitrogens with zero attached hydrogens (tertiary/aromatic N) is 1. The van der Waals surface area contributed by atoms with Gasteiger partial charge in [0.1, 0.15) is 5.75 Å². The molecule has 1 aliphatic rings. The van der Waals surface area contributed by atoms with Crippen LogP contribution in [0.4, 0.5) is 13.2 Å². The summed E-state index contributed by atoms with van der Waals surface area (Å²) in [5.41, 5.74) is 6.78. The molecule has 1 aliphatic heterocycles. The molecule has 0 aliphatic carbocycles. The van der Waals surface area contributed by atoms with Gasteiger partial charge in [-0.05, 0) is 59.6 Å². The van der Waals surface area contributed by atoms with Crippen molar-refractivity contribution in [1.29, 1.82) is 0 Å². The predicted octanol–water partition coefficient (Wildman–Crippen LogP) is 3.69. The van der Waals surface area contributed by atoms with Crippen molar-refractivity contribution in [3.63, 3.8) is 0 Å². The predicted molar refractivity (Wildman–Crippen MR) is 80.6 cm³/mol. The Morgan fingerprint density at radius 2 is 1.90 bits per heavy atom. The number of benzene rings is 1. The van der Waals surface area contributed by atoms with E-state index in [1.165, 1.54) is 6.07 Å². The summed E-state index contributed by atoms with van der Waals surface area (Å²) in [6.07, 6.45) is -2.76. The summed E-state index contributed by atoms with van der Waals surface area (Å²) in [6, 6.07) is 4.92. The lowest BCUT2D eigenvalue weighted by molar-refractivity contribution is -0.274. The van der Waals surface area contributed by atoms with Crippen LogP contribution in [0.25, 0.3) is 0 Å². The quantitative estimate of drug-likeness (QED) is 0.857. The molecule has 1 fully saturated rings. The van der Waals surface area contributed by atoms with Crippen molar-refractivity contribution >= 4 is 28.3 Å². The topological polar surface area (TPSA) is 38.5 Å². The van der Waals surface area contributed by atoms with Crippen LogP contribution in [0.2, 0.25) is 0 Å². The van der Waals surface area contributed by atoms with Crippen LogP contribution >= 0.6 is 28.3 Å². The van der Waals surface area contributed by atoms with Crippen molar-refractivity contribution in [3.8, 4) is 5.75 Å². The molecular formula is C13H17BrClF3N2O. The Hall–Kier alpha value is -0.500. The van der Waals surface area contributed by atoms with E-state index in [-0.39, 0.29) is 24.2 Å². The van der Waals surface area contributed by atoms with E-state index >= 15 is 0 Å². The van der Waals surface area contributed by atoms with Gasteiger partial charge in [-0.3, -0.25) is 4.90 Å². The Bertz CT molecular complexity index is 465. The minimum Gasteiger partial charge on any atom is -0.405 e. The van der Waals surface area contributed by atoms with Crippen LogP contribution < -0.4 is 10.5 Å². The maximum Gasteiger partial charge on any atom is 0.573 e. The Labute approximate surface area is 136 Å². The van der Waals surface area contributed by atoms with E-state index in [9.17, 15) is 13.2 Å². The van der Waals surface area contributed by atoms with Gasteiger partial charge in [-0.25, -0.2) is 0 Å². The van der Waals surface area contributed by atoms with Gasteiger partial charge in [0, 0.05) is 12.6 Å². The molecule has 2 N–H and O–H groups in total. The number of alkyl halides is 3. The highest BCUT2D eigenvalue weighted by Gasteiger charge is 2.32. The fraction of sp³-hybridized carbons (Fsp3) is 0.538. The van der Waals surface area contributed by atoms with Crippen LogP contribution in [0.3, 0.4) is 0 Å². The third-order valence-electron chi connectivity index (χ3n) is 3.26. The van der Waals surface area contributed by atoms with Gasteiger partial charge in [-0.1, -0.05) is 6.07 Å². The van der Waals surface area contributed by atoms with Gasteiger partial charge in [0.05, 0.1) is 4.47 Å². The molecule has 1 heterocycles. The molecule has 0 saturated carbocycles. The van der Waals surface area contributed by atoms with Gasteiger partial charge in [-0.15, -0.1) is 25.6 Å². The summed E-state index contributed by atoms with van der Waals surface area (Å²) in [7, 11) is 0. The average molecular weight is 390 g/mol. The number of rotatable bonds is 3. The zero-order valence-corrected chi connectivity index (χ0v) is 13.6. The number of hydrogen-bond donors (Lipinski definition) is 1. The maximum absolute atomic E-state index is 12.2. The van der Waals surface area contributed by atoms with E-state index in [0.717, 1.165) is 31.5 Å². The fourth-order valence-electron chi connectivity index (χ4n) is 2.22. The van der Waals surface area contributed by atoms with Crippen LogP contribution in [0.1, 0.15) is 18.4 Å². The first-order valence-corrected chi connectivity index (χ1v) is 7.15. The highest BCUT2D eigenvalue weighted by atomic mass is 79.9. The second-order valence-corrected chi connectivity index (χ2v) is 5.78. The van der Waals surface area contributed by atoms with E-state index in [2.05, 4.69) is 25.6 Å². The molecule has 0 bridgehead atoms. The Morgan fingerprint density at radius 1 is 1.29 bits per heavy atom. The van der Waals surface area contributed by atoms with E-state index in [4.69, 9.17) is 5.73 Å². The van der Waals surface area contributed by atoms with Gasteiger partial charge in [-0.2, -0.15) is 0 Å². The number of piperidine rings is 1. The highest BCUT2D eigenvalue weighted by Crippen LogP contribution is 2.31. The minimum atomic E-state index is -4.67. The molecular weight excluding hydrogens is 373 g/mol. The van der Waals surface area contributed by atoms with Gasteiger partial charge >= 0.3 is 6.36 Å². The lowest BCUT2D eigenvalue weighted by Gasteiger charge is -2.30. The van der Waals surface area contributed by atoms with Crippen molar-refractivity contribution in [2.24, 2.45) is 5.73 Å². The van der Waals surface area contributed by atoms with Crippen LogP contribution in [0.15, 0.2) is 22.7 Å². The average Bonchev–Trinajstić information content (AvgIpc) is 2.34. The molecule has 1 aromatic rings. The summed E-state index contributed by atoms with van der Waals surface area (Å²) < 4.78 is 40.7. The van der Waals surface area contributed by atoms with Crippen LogP contribution in [-0.4, -0.2) is 30.4 Å². The standard InChI is InChI=1S/C13H16BrF3N2O.ClH/c14-11-7-9(1-2-12(11)20-13(15,16)17)8-19-5-3-10(18)4-6-19;/h1-2,7,10H,3-6,8,18H2;1H. The Morgan fingerprint density at radius 3 is 2.43 bits per heavy atom. The minimum absolute atomic E-state index is 0. The molecule has 1 aromatic carbocycles.